The SMILES string of the molecule is COCCSCc1ccc(F)cc1C#CCO. The van der Waals surface area contributed by atoms with Crippen molar-refractivity contribution in [1.29, 1.82) is 0 Å². The van der Waals surface area contributed by atoms with Crippen molar-refractivity contribution in [2.75, 3.05) is 26.1 Å². The smallest absolute Gasteiger partial charge is 0.124 e. The van der Waals surface area contributed by atoms with Gasteiger partial charge in [-0.3, -0.25) is 0 Å². The van der Waals surface area contributed by atoms with Crippen LogP contribution >= 0.6 is 11.8 Å². The summed E-state index contributed by atoms with van der Waals surface area (Å²) < 4.78 is 18.0. The number of aliphatic hydroxyl groups excluding tert-OH is 1. The van der Waals surface area contributed by atoms with Crippen molar-refractivity contribution < 1.29 is 14.2 Å². The summed E-state index contributed by atoms with van der Waals surface area (Å²) in [5.74, 6) is 6.64. The Morgan fingerprint density at radius 2 is 2.29 bits per heavy atom. The van der Waals surface area contributed by atoms with Crippen molar-refractivity contribution in [3.05, 3.63) is 35.1 Å². The quantitative estimate of drug-likeness (QED) is 0.644. The van der Waals surface area contributed by atoms with Gasteiger partial charge in [0.1, 0.15) is 12.4 Å². The standard InChI is InChI=1S/C13H15FO2S/c1-16-7-8-17-10-12-4-5-13(14)9-11(12)3-2-6-15/h4-5,9,15H,6-8,10H2,1H3. The zero-order valence-electron chi connectivity index (χ0n) is 9.70. The summed E-state index contributed by atoms with van der Waals surface area (Å²) in [4.78, 5) is 0. The highest BCUT2D eigenvalue weighted by Gasteiger charge is 2.02. The van der Waals surface area contributed by atoms with E-state index in [2.05, 4.69) is 11.8 Å². The number of hydrogen-bond acceptors (Lipinski definition) is 3. The molecule has 2 nitrogen and oxygen atoms in total. The average molecular weight is 254 g/mol. The normalized spacial score (nSPS) is 9.82. The van der Waals surface area contributed by atoms with E-state index in [0.717, 1.165) is 17.1 Å². The number of rotatable bonds is 5. The molecule has 1 aromatic carbocycles. The van der Waals surface area contributed by atoms with Crippen LogP contribution in [0.25, 0.3) is 0 Å². The molecule has 0 atom stereocenters. The summed E-state index contributed by atoms with van der Waals surface area (Å²) >= 11 is 1.71. The Labute approximate surface area is 105 Å². The van der Waals surface area contributed by atoms with Gasteiger partial charge in [0.05, 0.1) is 6.61 Å². The molecule has 92 valence electrons. The first-order valence-electron chi connectivity index (χ1n) is 5.22. The van der Waals surface area contributed by atoms with Crippen LogP contribution in [0, 0.1) is 17.7 Å². The van der Waals surface area contributed by atoms with Crippen molar-refractivity contribution in [3.8, 4) is 11.8 Å². The average Bonchev–Trinajstić information content (AvgIpc) is 2.34. The molecule has 0 aliphatic rings. The Hall–Kier alpha value is -1.02. The van der Waals surface area contributed by atoms with Crippen molar-refractivity contribution >= 4 is 11.8 Å². The summed E-state index contributed by atoms with van der Waals surface area (Å²) in [6.07, 6.45) is 0. The molecule has 0 unspecified atom stereocenters. The van der Waals surface area contributed by atoms with Crippen LogP contribution in [0.5, 0.6) is 0 Å². The van der Waals surface area contributed by atoms with E-state index in [1.165, 1.54) is 12.1 Å². The van der Waals surface area contributed by atoms with Gasteiger partial charge in [0.15, 0.2) is 0 Å². The largest absolute Gasteiger partial charge is 0.384 e. The van der Waals surface area contributed by atoms with Gasteiger partial charge < -0.3 is 9.84 Å². The number of hydrogen-bond donors (Lipinski definition) is 1. The molecule has 1 rings (SSSR count). The Balaban J connectivity index is 2.69. The second-order valence-corrected chi connectivity index (χ2v) is 4.41. The number of halogens is 1. The number of methoxy groups -OCH3 is 1. The molecule has 0 aliphatic carbocycles. The molecule has 1 N–H and O–H groups in total. The van der Waals surface area contributed by atoms with Crippen LogP contribution < -0.4 is 0 Å². The van der Waals surface area contributed by atoms with Crippen molar-refractivity contribution in [2.45, 2.75) is 5.75 Å². The molecule has 4 heteroatoms. The van der Waals surface area contributed by atoms with Crippen LogP contribution in [0.4, 0.5) is 4.39 Å². The Morgan fingerprint density at radius 3 is 3.00 bits per heavy atom. The Kier molecular flexibility index (Phi) is 6.71. The highest BCUT2D eigenvalue weighted by Crippen LogP contribution is 2.17. The molecule has 0 radical (unpaired) electrons. The van der Waals surface area contributed by atoms with Crippen LogP contribution in [0.3, 0.4) is 0 Å². The van der Waals surface area contributed by atoms with Gasteiger partial charge in [0.25, 0.3) is 0 Å². The van der Waals surface area contributed by atoms with E-state index in [-0.39, 0.29) is 12.4 Å². The number of thioether (sulfide) groups is 1. The molecule has 17 heavy (non-hydrogen) atoms. The zero-order valence-corrected chi connectivity index (χ0v) is 10.5. The van der Waals surface area contributed by atoms with Gasteiger partial charge in [0.2, 0.25) is 0 Å². The van der Waals surface area contributed by atoms with E-state index < -0.39 is 0 Å². The number of aliphatic hydroxyl groups is 1. The second-order valence-electron chi connectivity index (χ2n) is 3.31. The molecule has 0 heterocycles. The number of benzene rings is 1. The fraction of sp³-hybridized carbons (Fsp3) is 0.385. The van der Waals surface area contributed by atoms with Crippen molar-refractivity contribution in [2.24, 2.45) is 0 Å². The second kappa shape index (κ2) is 8.13. The summed E-state index contributed by atoms with van der Waals surface area (Å²) in [6, 6.07) is 4.56. The summed E-state index contributed by atoms with van der Waals surface area (Å²) in [5, 5.41) is 8.64. The third-order valence-corrected chi connectivity index (χ3v) is 3.03. The zero-order chi connectivity index (χ0) is 12.5. The monoisotopic (exact) mass is 254 g/mol. The maximum Gasteiger partial charge on any atom is 0.124 e. The molecular formula is C13H15FO2S. The topological polar surface area (TPSA) is 29.5 Å². The highest BCUT2D eigenvalue weighted by molar-refractivity contribution is 7.98. The molecule has 0 aromatic heterocycles. The summed E-state index contributed by atoms with van der Waals surface area (Å²) in [6.45, 7) is 0.482. The fourth-order valence-corrected chi connectivity index (χ4v) is 2.15. The lowest BCUT2D eigenvalue weighted by Gasteiger charge is -2.04. The van der Waals surface area contributed by atoms with E-state index in [0.29, 0.717) is 12.2 Å². The molecule has 0 aliphatic heterocycles. The van der Waals surface area contributed by atoms with Crippen molar-refractivity contribution in [1.82, 2.24) is 0 Å². The van der Waals surface area contributed by atoms with E-state index in [1.807, 2.05) is 0 Å². The highest BCUT2D eigenvalue weighted by atomic mass is 32.2. The number of ether oxygens (including phenoxy) is 1. The first-order chi connectivity index (χ1) is 8.27. The molecule has 0 amide bonds. The summed E-state index contributed by atoms with van der Waals surface area (Å²) in [5.41, 5.74) is 1.62. The van der Waals surface area contributed by atoms with Crippen LogP contribution in [-0.4, -0.2) is 31.2 Å². The van der Waals surface area contributed by atoms with Crippen LogP contribution in [0.15, 0.2) is 18.2 Å². The van der Waals surface area contributed by atoms with E-state index in [1.54, 1.807) is 24.9 Å². The molecular weight excluding hydrogens is 239 g/mol. The molecule has 1 aromatic rings. The Morgan fingerprint density at radius 1 is 1.47 bits per heavy atom. The predicted octanol–water partition coefficient (Wildman–Crippen LogP) is 2.05. The van der Waals surface area contributed by atoms with Gasteiger partial charge in [-0.1, -0.05) is 17.9 Å². The maximum absolute atomic E-state index is 13.1. The Bertz CT molecular complexity index is 410. The molecule has 0 fully saturated rings. The molecule has 0 spiro atoms. The minimum atomic E-state index is -0.308. The van der Waals surface area contributed by atoms with Gasteiger partial charge in [0, 0.05) is 24.2 Å². The van der Waals surface area contributed by atoms with Crippen LogP contribution in [0.1, 0.15) is 11.1 Å². The van der Waals surface area contributed by atoms with E-state index >= 15 is 0 Å². The fourth-order valence-electron chi connectivity index (χ4n) is 1.25. The van der Waals surface area contributed by atoms with E-state index in [4.69, 9.17) is 9.84 Å². The van der Waals surface area contributed by atoms with Gasteiger partial charge in [-0.05, 0) is 17.7 Å². The van der Waals surface area contributed by atoms with Gasteiger partial charge in [-0.2, -0.15) is 11.8 Å². The first-order valence-corrected chi connectivity index (χ1v) is 6.38. The van der Waals surface area contributed by atoms with Gasteiger partial charge in [-0.25, -0.2) is 4.39 Å². The third kappa shape index (κ3) is 5.22. The predicted molar refractivity (Wildman–Crippen MR) is 68.4 cm³/mol. The van der Waals surface area contributed by atoms with Crippen LogP contribution in [0.2, 0.25) is 0 Å². The first kappa shape index (κ1) is 14.0. The van der Waals surface area contributed by atoms with Crippen LogP contribution in [-0.2, 0) is 10.5 Å². The maximum atomic E-state index is 13.1. The lowest BCUT2D eigenvalue weighted by atomic mass is 10.1. The minimum absolute atomic E-state index is 0.216. The minimum Gasteiger partial charge on any atom is -0.384 e. The summed E-state index contributed by atoms with van der Waals surface area (Å²) in [7, 11) is 1.66. The van der Waals surface area contributed by atoms with Gasteiger partial charge in [-0.15, -0.1) is 0 Å². The van der Waals surface area contributed by atoms with Gasteiger partial charge >= 0.3 is 0 Å². The lowest BCUT2D eigenvalue weighted by Crippen LogP contribution is -1.94. The lowest BCUT2D eigenvalue weighted by molar-refractivity contribution is 0.218. The van der Waals surface area contributed by atoms with E-state index in [9.17, 15) is 4.39 Å². The molecule has 0 saturated heterocycles. The molecule has 0 bridgehead atoms. The molecule has 0 saturated carbocycles. The third-order valence-electron chi connectivity index (χ3n) is 2.06. The van der Waals surface area contributed by atoms with Crippen molar-refractivity contribution in [3.63, 3.8) is 0 Å².